The van der Waals surface area contributed by atoms with Crippen LogP contribution in [0.4, 0.5) is 0 Å². The molecule has 0 aromatic carbocycles. The SMILES string of the molecule is CCC(CC)N(C)Cc1cc(C(=O)NN)c(C)o1. The summed E-state index contributed by atoms with van der Waals surface area (Å²) in [6.45, 7) is 6.81. The molecule has 0 fully saturated rings. The number of carbonyl (C=O) groups excluding carboxylic acids is 1. The number of furan rings is 1. The van der Waals surface area contributed by atoms with Gasteiger partial charge < -0.3 is 4.42 Å². The number of nitrogens with zero attached hydrogens (tertiary/aromatic N) is 1. The van der Waals surface area contributed by atoms with Gasteiger partial charge in [-0.2, -0.15) is 0 Å². The minimum Gasteiger partial charge on any atom is -0.464 e. The fraction of sp³-hybridized carbons (Fsp3) is 0.615. The number of hydrazine groups is 1. The second kappa shape index (κ2) is 6.56. The van der Waals surface area contributed by atoms with E-state index in [1.165, 1.54) is 0 Å². The monoisotopic (exact) mass is 253 g/mol. The Balaban J connectivity index is 2.77. The van der Waals surface area contributed by atoms with E-state index in [-0.39, 0.29) is 5.91 Å². The Kier molecular flexibility index (Phi) is 5.37. The summed E-state index contributed by atoms with van der Waals surface area (Å²) in [5, 5.41) is 0. The van der Waals surface area contributed by atoms with E-state index in [1.807, 2.05) is 0 Å². The van der Waals surface area contributed by atoms with Gasteiger partial charge in [0.15, 0.2) is 0 Å². The summed E-state index contributed by atoms with van der Waals surface area (Å²) >= 11 is 0. The molecule has 0 saturated carbocycles. The number of carbonyl (C=O) groups is 1. The highest BCUT2D eigenvalue weighted by molar-refractivity contribution is 5.94. The summed E-state index contributed by atoms with van der Waals surface area (Å²) in [6.07, 6.45) is 2.20. The van der Waals surface area contributed by atoms with Crippen molar-refractivity contribution < 1.29 is 9.21 Å². The van der Waals surface area contributed by atoms with Crippen molar-refractivity contribution in [2.75, 3.05) is 7.05 Å². The van der Waals surface area contributed by atoms with Crippen molar-refractivity contribution in [2.24, 2.45) is 5.84 Å². The second-order valence-electron chi connectivity index (χ2n) is 4.54. The molecule has 0 aliphatic carbocycles. The summed E-state index contributed by atoms with van der Waals surface area (Å²) in [5.41, 5.74) is 2.63. The van der Waals surface area contributed by atoms with E-state index in [0.717, 1.165) is 18.6 Å². The van der Waals surface area contributed by atoms with Crippen LogP contribution < -0.4 is 11.3 Å². The first-order valence-electron chi connectivity index (χ1n) is 6.33. The minimum atomic E-state index is -0.312. The van der Waals surface area contributed by atoms with Crippen molar-refractivity contribution in [2.45, 2.75) is 46.2 Å². The number of nitrogens with one attached hydrogen (secondary N) is 1. The molecule has 5 heteroatoms. The molecule has 1 aromatic rings. The molecule has 18 heavy (non-hydrogen) atoms. The lowest BCUT2D eigenvalue weighted by Gasteiger charge is -2.24. The lowest BCUT2D eigenvalue weighted by atomic mass is 10.1. The van der Waals surface area contributed by atoms with Crippen molar-refractivity contribution in [3.63, 3.8) is 0 Å². The first-order valence-corrected chi connectivity index (χ1v) is 6.33. The van der Waals surface area contributed by atoms with Gasteiger partial charge in [0.05, 0.1) is 12.1 Å². The van der Waals surface area contributed by atoms with Gasteiger partial charge in [0.2, 0.25) is 0 Å². The van der Waals surface area contributed by atoms with Crippen molar-refractivity contribution in [1.82, 2.24) is 10.3 Å². The summed E-state index contributed by atoms with van der Waals surface area (Å²) < 4.78 is 5.59. The highest BCUT2D eigenvalue weighted by Gasteiger charge is 2.17. The summed E-state index contributed by atoms with van der Waals surface area (Å²) in [5.74, 6) is 6.21. The van der Waals surface area contributed by atoms with Crippen LogP contribution in [-0.2, 0) is 6.54 Å². The maximum absolute atomic E-state index is 11.5. The van der Waals surface area contributed by atoms with Crippen LogP contribution in [0.3, 0.4) is 0 Å². The third kappa shape index (κ3) is 3.34. The van der Waals surface area contributed by atoms with Gasteiger partial charge in [0.1, 0.15) is 11.5 Å². The fourth-order valence-corrected chi connectivity index (χ4v) is 2.21. The Morgan fingerprint density at radius 1 is 1.50 bits per heavy atom. The molecule has 1 rings (SSSR count). The zero-order valence-electron chi connectivity index (χ0n) is 11.6. The van der Waals surface area contributed by atoms with E-state index in [1.54, 1.807) is 13.0 Å². The van der Waals surface area contributed by atoms with Gasteiger partial charge in [-0.25, -0.2) is 5.84 Å². The Labute approximate surface area is 108 Å². The van der Waals surface area contributed by atoms with E-state index < -0.39 is 0 Å². The maximum Gasteiger partial charge on any atom is 0.268 e. The first-order chi connectivity index (χ1) is 8.53. The van der Waals surface area contributed by atoms with Crippen LogP contribution in [0.2, 0.25) is 0 Å². The molecule has 0 aliphatic rings. The maximum atomic E-state index is 11.5. The standard InChI is InChI=1S/C13H23N3O2/c1-5-10(6-2)16(4)8-11-7-12(9(3)18-11)13(17)15-14/h7,10H,5-6,8,14H2,1-4H3,(H,15,17). The number of rotatable bonds is 6. The van der Waals surface area contributed by atoms with E-state index in [4.69, 9.17) is 10.3 Å². The Hall–Kier alpha value is -1.33. The van der Waals surface area contributed by atoms with Crippen molar-refractivity contribution in [1.29, 1.82) is 0 Å². The number of nitrogens with two attached hydrogens (primary N) is 1. The molecule has 0 atom stereocenters. The van der Waals surface area contributed by atoms with Crippen LogP contribution in [0, 0.1) is 6.92 Å². The normalized spacial score (nSPS) is 11.3. The summed E-state index contributed by atoms with van der Waals surface area (Å²) in [4.78, 5) is 13.7. The summed E-state index contributed by atoms with van der Waals surface area (Å²) in [6, 6.07) is 2.29. The minimum absolute atomic E-state index is 0.312. The molecule has 0 unspecified atom stereocenters. The van der Waals surface area contributed by atoms with Crippen LogP contribution in [0.25, 0.3) is 0 Å². The average molecular weight is 253 g/mol. The lowest BCUT2D eigenvalue weighted by molar-refractivity contribution is 0.0952. The summed E-state index contributed by atoms with van der Waals surface area (Å²) in [7, 11) is 2.07. The van der Waals surface area contributed by atoms with Crippen LogP contribution in [0.1, 0.15) is 48.6 Å². The van der Waals surface area contributed by atoms with Gasteiger partial charge in [0.25, 0.3) is 5.91 Å². The zero-order chi connectivity index (χ0) is 13.7. The van der Waals surface area contributed by atoms with Crippen LogP contribution >= 0.6 is 0 Å². The predicted molar refractivity (Wildman–Crippen MR) is 70.9 cm³/mol. The lowest BCUT2D eigenvalue weighted by Crippen LogP contribution is -2.30. The number of nitrogen functional groups attached to an aromatic ring is 1. The average Bonchev–Trinajstić information content (AvgIpc) is 2.70. The Morgan fingerprint density at radius 3 is 2.61 bits per heavy atom. The molecule has 1 heterocycles. The van der Waals surface area contributed by atoms with Crippen molar-refractivity contribution in [3.8, 4) is 0 Å². The number of hydrogen-bond acceptors (Lipinski definition) is 4. The molecule has 102 valence electrons. The van der Waals surface area contributed by atoms with E-state index in [9.17, 15) is 4.79 Å². The molecule has 1 amide bonds. The van der Waals surface area contributed by atoms with Crippen molar-refractivity contribution >= 4 is 5.91 Å². The molecule has 0 aliphatic heterocycles. The highest BCUT2D eigenvalue weighted by atomic mass is 16.3. The second-order valence-corrected chi connectivity index (χ2v) is 4.54. The molecule has 0 spiro atoms. The number of hydrogen-bond donors (Lipinski definition) is 2. The molecular weight excluding hydrogens is 230 g/mol. The van der Waals surface area contributed by atoms with Crippen LogP contribution in [-0.4, -0.2) is 23.9 Å². The quantitative estimate of drug-likeness (QED) is 0.461. The molecular formula is C13H23N3O2. The molecule has 0 bridgehead atoms. The topological polar surface area (TPSA) is 71.5 Å². The Morgan fingerprint density at radius 2 is 2.11 bits per heavy atom. The zero-order valence-corrected chi connectivity index (χ0v) is 11.6. The highest BCUT2D eigenvalue weighted by Crippen LogP contribution is 2.18. The third-order valence-electron chi connectivity index (χ3n) is 3.32. The van der Waals surface area contributed by atoms with Gasteiger partial charge in [-0.05, 0) is 32.9 Å². The number of aryl methyl sites for hydroxylation is 1. The molecule has 0 saturated heterocycles. The number of amides is 1. The van der Waals surface area contributed by atoms with E-state index in [2.05, 4.69) is 31.2 Å². The van der Waals surface area contributed by atoms with Crippen molar-refractivity contribution in [3.05, 3.63) is 23.2 Å². The van der Waals surface area contributed by atoms with E-state index >= 15 is 0 Å². The van der Waals surface area contributed by atoms with Crippen LogP contribution in [0.15, 0.2) is 10.5 Å². The Bertz CT molecular complexity index is 397. The predicted octanol–water partition coefficient (Wildman–Crippen LogP) is 1.81. The third-order valence-corrected chi connectivity index (χ3v) is 3.32. The molecule has 1 aromatic heterocycles. The molecule has 0 radical (unpaired) electrons. The van der Waals surface area contributed by atoms with Gasteiger partial charge in [-0.15, -0.1) is 0 Å². The van der Waals surface area contributed by atoms with Gasteiger partial charge in [-0.3, -0.25) is 15.1 Å². The first kappa shape index (κ1) is 14.7. The fourth-order valence-electron chi connectivity index (χ4n) is 2.21. The van der Waals surface area contributed by atoms with E-state index in [0.29, 0.717) is 23.9 Å². The molecule has 5 nitrogen and oxygen atoms in total. The van der Waals surface area contributed by atoms with Gasteiger partial charge in [-0.1, -0.05) is 13.8 Å². The smallest absolute Gasteiger partial charge is 0.268 e. The largest absolute Gasteiger partial charge is 0.464 e. The van der Waals surface area contributed by atoms with Gasteiger partial charge >= 0.3 is 0 Å². The molecule has 3 N–H and O–H groups in total. The van der Waals surface area contributed by atoms with Gasteiger partial charge in [0, 0.05) is 6.04 Å². The van der Waals surface area contributed by atoms with Crippen LogP contribution in [0.5, 0.6) is 0 Å².